The Hall–Kier alpha value is -2.98. The number of allylic oxidation sites excluding steroid dienone is 2. The molecule has 2 aromatic heterocycles. The number of nitrogens with one attached hydrogen (secondary N) is 2. The molecule has 0 fully saturated rings. The first-order valence-electron chi connectivity index (χ1n) is 11.7. The van der Waals surface area contributed by atoms with Crippen LogP contribution >= 0.6 is 0 Å². The Bertz CT molecular complexity index is 1070. The standard InChI is InChI=1S/C26H35N5O2/c1-6-7-18(14-26(4,5)33)20-8-9-21(31-24(32)23-28-16-19(15-27)29-23)22(30-20)17-10-12-25(2,3)13-11-17/h8-10,16,18,33H,6-7,11-14H2,1-5H3,(H,28,29)(H,31,32). The predicted octanol–water partition coefficient (Wildman–Crippen LogP) is 5.57. The van der Waals surface area contributed by atoms with Gasteiger partial charge in [-0.3, -0.25) is 9.78 Å². The molecule has 0 bridgehead atoms. The molecule has 1 unspecified atom stereocenters. The molecule has 2 aromatic rings. The number of aliphatic hydroxyl groups is 1. The molecule has 1 aliphatic rings. The van der Waals surface area contributed by atoms with Crippen molar-refractivity contribution in [3.8, 4) is 6.07 Å². The lowest BCUT2D eigenvalue weighted by Crippen LogP contribution is -2.23. The minimum Gasteiger partial charge on any atom is -0.390 e. The normalized spacial score (nSPS) is 16.6. The second kappa shape index (κ2) is 9.88. The molecule has 7 heteroatoms. The van der Waals surface area contributed by atoms with Crippen LogP contribution in [0.1, 0.15) is 107 Å². The first-order chi connectivity index (χ1) is 15.5. The van der Waals surface area contributed by atoms with Gasteiger partial charge < -0.3 is 15.4 Å². The molecule has 33 heavy (non-hydrogen) atoms. The number of H-pyrrole nitrogens is 1. The lowest BCUT2D eigenvalue weighted by atomic mass is 9.77. The number of rotatable bonds is 8. The van der Waals surface area contributed by atoms with Crippen molar-refractivity contribution in [2.75, 3.05) is 5.32 Å². The summed E-state index contributed by atoms with van der Waals surface area (Å²) in [6.07, 6.45) is 9.00. The van der Waals surface area contributed by atoms with E-state index in [-0.39, 0.29) is 22.9 Å². The highest BCUT2D eigenvalue weighted by Crippen LogP contribution is 2.40. The third-order valence-electron chi connectivity index (χ3n) is 6.15. The molecule has 1 atom stereocenters. The maximum atomic E-state index is 12.8. The Kier molecular flexibility index (Phi) is 7.38. The Morgan fingerprint density at radius 2 is 2.15 bits per heavy atom. The van der Waals surface area contributed by atoms with Gasteiger partial charge in [-0.05, 0) is 69.1 Å². The lowest BCUT2D eigenvalue weighted by Gasteiger charge is -2.30. The number of nitriles is 1. The summed E-state index contributed by atoms with van der Waals surface area (Å²) >= 11 is 0. The lowest BCUT2D eigenvalue weighted by molar-refractivity contribution is 0.0613. The summed E-state index contributed by atoms with van der Waals surface area (Å²) in [5, 5.41) is 22.4. The van der Waals surface area contributed by atoms with E-state index in [1.807, 2.05) is 32.0 Å². The van der Waals surface area contributed by atoms with E-state index < -0.39 is 11.5 Å². The fourth-order valence-electron chi connectivity index (χ4n) is 4.32. The summed E-state index contributed by atoms with van der Waals surface area (Å²) in [5.74, 6) is -0.195. The first kappa shape index (κ1) is 24.7. The molecule has 2 heterocycles. The molecule has 0 saturated heterocycles. The Morgan fingerprint density at radius 1 is 1.39 bits per heavy atom. The van der Waals surface area contributed by atoms with Gasteiger partial charge in [-0.1, -0.05) is 33.3 Å². The highest BCUT2D eigenvalue weighted by atomic mass is 16.3. The van der Waals surface area contributed by atoms with Crippen LogP contribution < -0.4 is 5.32 Å². The Labute approximate surface area is 196 Å². The van der Waals surface area contributed by atoms with Crippen LogP contribution in [0.5, 0.6) is 0 Å². The highest BCUT2D eigenvalue weighted by molar-refractivity contribution is 6.03. The minimum atomic E-state index is -0.791. The number of pyridine rings is 1. The number of hydrogen-bond acceptors (Lipinski definition) is 5. The molecule has 0 radical (unpaired) electrons. The average molecular weight is 450 g/mol. The fourth-order valence-corrected chi connectivity index (χ4v) is 4.32. The van der Waals surface area contributed by atoms with Crippen LogP contribution in [0.2, 0.25) is 0 Å². The van der Waals surface area contributed by atoms with E-state index in [4.69, 9.17) is 10.2 Å². The molecular weight excluding hydrogens is 414 g/mol. The predicted molar refractivity (Wildman–Crippen MR) is 130 cm³/mol. The number of imidazole rings is 1. The van der Waals surface area contributed by atoms with Gasteiger partial charge in [0.2, 0.25) is 0 Å². The van der Waals surface area contributed by atoms with Gasteiger partial charge in [-0.2, -0.15) is 5.26 Å². The van der Waals surface area contributed by atoms with Crippen molar-refractivity contribution in [1.82, 2.24) is 15.0 Å². The molecule has 3 N–H and O–H groups in total. The van der Waals surface area contributed by atoms with E-state index in [0.717, 1.165) is 49.1 Å². The van der Waals surface area contributed by atoms with Crippen molar-refractivity contribution >= 4 is 17.2 Å². The second-order valence-corrected chi connectivity index (χ2v) is 10.4. The molecule has 0 spiro atoms. The average Bonchev–Trinajstić information content (AvgIpc) is 3.22. The quantitative estimate of drug-likeness (QED) is 0.487. The summed E-state index contributed by atoms with van der Waals surface area (Å²) in [6.45, 7) is 10.3. The zero-order valence-electron chi connectivity index (χ0n) is 20.3. The summed E-state index contributed by atoms with van der Waals surface area (Å²) in [6, 6.07) is 5.79. The van der Waals surface area contributed by atoms with Crippen LogP contribution in [-0.4, -0.2) is 31.6 Å². The SMILES string of the molecule is CCCC(CC(C)(C)O)c1ccc(NC(=O)c2ncc(C#N)[nH]2)c(C2=CCC(C)(C)CC2)n1. The van der Waals surface area contributed by atoms with E-state index in [1.54, 1.807) is 0 Å². The molecule has 0 saturated carbocycles. The molecule has 176 valence electrons. The van der Waals surface area contributed by atoms with Crippen molar-refractivity contribution in [2.24, 2.45) is 5.41 Å². The van der Waals surface area contributed by atoms with Crippen LogP contribution in [0.4, 0.5) is 5.69 Å². The number of amides is 1. The van der Waals surface area contributed by atoms with Gasteiger partial charge in [0.1, 0.15) is 11.8 Å². The van der Waals surface area contributed by atoms with Gasteiger partial charge in [-0.15, -0.1) is 0 Å². The van der Waals surface area contributed by atoms with Gasteiger partial charge in [0.15, 0.2) is 5.82 Å². The molecule has 0 aliphatic heterocycles. The molecule has 3 rings (SSSR count). The van der Waals surface area contributed by atoms with E-state index in [1.165, 1.54) is 6.20 Å². The van der Waals surface area contributed by atoms with Crippen molar-refractivity contribution < 1.29 is 9.90 Å². The first-order valence-corrected chi connectivity index (χ1v) is 11.7. The molecular formula is C26H35N5O2. The number of nitrogens with zero attached hydrogens (tertiary/aromatic N) is 3. The summed E-state index contributed by atoms with van der Waals surface area (Å²) < 4.78 is 0. The van der Waals surface area contributed by atoms with Gasteiger partial charge in [0, 0.05) is 11.6 Å². The zero-order chi connectivity index (χ0) is 24.2. The van der Waals surface area contributed by atoms with E-state index in [0.29, 0.717) is 12.1 Å². The summed E-state index contributed by atoms with van der Waals surface area (Å²) in [7, 11) is 0. The minimum absolute atomic E-state index is 0.0891. The van der Waals surface area contributed by atoms with Crippen molar-refractivity contribution in [1.29, 1.82) is 5.26 Å². The third-order valence-corrected chi connectivity index (χ3v) is 6.15. The van der Waals surface area contributed by atoms with Crippen LogP contribution in [0.3, 0.4) is 0 Å². The van der Waals surface area contributed by atoms with Crippen molar-refractivity contribution in [3.05, 3.63) is 47.3 Å². The van der Waals surface area contributed by atoms with Crippen molar-refractivity contribution in [3.63, 3.8) is 0 Å². The summed E-state index contributed by atoms with van der Waals surface area (Å²) in [5.41, 5.74) is 3.16. The van der Waals surface area contributed by atoms with Crippen molar-refractivity contribution in [2.45, 2.75) is 84.7 Å². The highest BCUT2D eigenvalue weighted by Gasteiger charge is 2.27. The van der Waals surface area contributed by atoms with Crippen LogP contribution in [0, 0.1) is 16.7 Å². The van der Waals surface area contributed by atoms with E-state index >= 15 is 0 Å². The van der Waals surface area contributed by atoms with Gasteiger partial charge >= 0.3 is 0 Å². The second-order valence-electron chi connectivity index (χ2n) is 10.4. The monoisotopic (exact) mass is 449 g/mol. The zero-order valence-corrected chi connectivity index (χ0v) is 20.3. The largest absolute Gasteiger partial charge is 0.390 e. The van der Waals surface area contributed by atoms with Gasteiger partial charge in [0.05, 0.1) is 23.2 Å². The Morgan fingerprint density at radius 3 is 2.73 bits per heavy atom. The van der Waals surface area contributed by atoms with Gasteiger partial charge in [0.25, 0.3) is 5.91 Å². The van der Waals surface area contributed by atoms with E-state index in [2.05, 4.69) is 42.1 Å². The van der Waals surface area contributed by atoms with Crippen LogP contribution in [0.25, 0.3) is 5.57 Å². The smallest absolute Gasteiger partial charge is 0.291 e. The van der Waals surface area contributed by atoms with Crippen LogP contribution in [0.15, 0.2) is 24.4 Å². The number of aromatic nitrogens is 3. The number of anilines is 1. The maximum absolute atomic E-state index is 12.8. The number of hydrogen-bond donors (Lipinski definition) is 3. The molecule has 1 aliphatic carbocycles. The third kappa shape index (κ3) is 6.52. The molecule has 0 aromatic carbocycles. The number of carbonyl (C=O) groups is 1. The summed E-state index contributed by atoms with van der Waals surface area (Å²) in [4.78, 5) is 24.6. The number of aromatic amines is 1. The Balaban J connectivity index is 1.98. The van der Waals surface area contributed by atoms with E-state index in [9.17, 15) is 9.90 Å². The van der Waals surface area contributed by atoms with Gasteiger partial charge in [-0.25, -0.2) is 4.98 Å². The fraction of sp³-hybridized carbons (Fsp3) is 0.538. The molecule has 1 amide bonds. The molecule has 7 nitrogen and oxygen atoms in total. The topological polar surface area (TPSA) is 115 Å². The van der Waals surface area contributed by atoms with Crippen LogP contribution in [-0.2, 0) is 0 Å². The number of carbonyl (C=O) groups excluding carboxylic acids is 1. The maximum Gasteiger partial charge on any atom is 0.291 e.